The lowest BCUT2D eigenvalue weighted by Gasteiger charge is -2.05. The molecule has 108 valence electrons. The fraction of sp³-hybridized carbons (Fsp3) is 0.429. The van der Waals surface area contributed by atoms with E-state index in [1.54, 1.807) is 0 Å². The molecule has 0 heterocycles. The third kappa shape index (κ3) is 4.74. The largest absolute Gasteiger partial charge is 0.300 e. The van der Waals surface area contributed by atoms with Crippen molar-refractivity contribution in [1.82, 2.24) is 0 Å². The van der Waals surface area contributed by atoms with E-state index in [0.717, 1.165) is 6.07 Å². The number of ketones is 2. The van der Waals surface area contributed by atoms with E-state index in [9.17, 15) is 19.7 Å². The van der Waals surface area contributed by atoms with Crippen molar-refractivity contribution >= 4 is 28.9 Å². The summed E-state index contributed by atoms with van der Waals surface area (Å²) in [4.78, 5) is 33.6. The number of nitrogens with zero attached hydrogens (tertiary/aromatic N) is 1. The Kier molecular flexibility index (Phi) is 5.82. The van der Waals surface area contributed by atoms with Gasteiger partial charge in [0, 0.05) is 37.0 Å². The van der Waals surface area contributed by atoms with Crippen LogP contribution in [0.4, 0.5) is 5.69 Å². The molecule has 1 aromatic rings. The highest BCUT2D eigenvalue weighted by atomic mass is 35.5. The minimum Gasteiger partial charge on any atom is -0.300 e. The molecule has 0 aliphatic carbocycles. The van der Waals surface area contributed by atoms with Crippen molar-refractivity contribution in [1.29, 1.82) is 0 Å². The number of hydrogen-bond donors (Lipinski definition) is 0. The summed E-state index contributed by atoms with van der Waals surface area (Å²) in [5.41, 5.74) is -0.0931. The number of carbonyl (C=O) groups excluding carboxylic acids is 2. The zero-order valence-electron chi connectivity index (χ0n) is 11.4. The Morgan fingerprint density at radius 2 is 1.95 bits per heavy atom. The quantitative estimate of drug-likeness (QED) is 0.435. The number of hydrogen-bond acceptors (Lipinski definition) is 4. The second-order valence-electron chi connectivity index (χ2n) is 4.98. The third-order valence-corrected chi connectivity index (χ3v) is 3.06. The van der Waals surface area contributed by atoms with Gasteiger partial charge in [0.05, 0.1) is 9.95 Å². The molecule has 5 nitrogen and oxygen atoms in total. The monoisotopic (exact) mass is 297 g/mol. The molecule has 0 radical (unpaired) electrons. The van der Waals surface area contributed by atoms with Gasteiger partial charge in [-0.2, -0.15) is 0 Å². The molecule has 20 heavy (non-hydrogen) atoms. The van der Waals surface area contributed by atoms with Gasteiger partial charge in [0.1, 0.15) is 5.78 Å². The lowest BCUT2D eigenvalue weighted by atomic mass is 10.00. The predicted molar refractivity (Wildman–Crippen MR) is 76.1 cm³/mol. The van der Waals surface area contributed by atoms with Gasteiger partial charge in [0.2, 0.25) is 0 Å². The molecule has 0 atom stereocenters. The average molecular weight is 298 g/mol. The van der Waals surface area contributed by atoms with Gasteiger partial charge in [0.15, 0.2) is 5.78 Å². The maximum atomic E-state index is 12.0. The first kappa shape index (κ1) is 16.3. The first-order valence-corrected chi connectivity index (χ1v) is 6.68. The van der Waals surface area contributed by atoms with E-state index in [4.69, 9.17) is 11.6 Å². The molecule has 1 rings (SSSR count). The van der Waals surface area contributed by atoms with Gasteiger partial charge in [-0.15, -0.1) is 0 Å². The molecule has 0 fully saturated rings. The van der Waals surface area contributed by atoms with E-state index in [1.807, 2.05) is 13.8 Å². The van der Waals surface area contributed by atoms with Crippen LogP contribution in [0.2, 0.25) is 5.02 Å². The van der Waals surface area contributed by atoms with Gasteiger partial charge in [-0.3, -0.25) is 19.7 Å². The van der Waals surface area contributed by atoms with E-state index in [0.29, 0.717) is 6.42 Å². The van der Waals surface area contributed by atoms with E-state index in [1.165, 1.54) is 12.1 Å². The van der Waals surface area contributed by atoms with Crippen LogP contribution in [0.5, 0.6) is 0 Å². The molecule has 0 saturated carbocycles. The SMILES string of the molecule is CC(C)CC(=O)CCC(=O)c1cc([N+](=O)[O-])ccc1Cl. The van der Waals surface area contributed by atoms with Crippen LogP contribution in [0.3, 0.4) is 0 Å². The lowest BCUT2D eigenvalue weighted by molar-refractivity contribution is -0.384. The van der Waals surface area contributed by atoms with Crippen molar-refractivity contribution in [2.75, 3.05) is 0 Å². The summed E-state index contributed by atoms with van der Waals surface area (Å²) in [5.74, 6) is -0.0929. The maximum absolute atomic E-state index is 12.0. The Morgan fingerprint density at radius 1 is 1.30 bits per heavy atom. The highest BCUT2D eigenvalue weighted by Gasteiger charge is 2.17. The molecule has 0 aliphatic heterocycles. The van der Waals surface area contributed by atoms with Crippen molar-refractivity contribution in [2.45, 2.75) is 33.1 Å². The van der Waals surface area contributed by atoms with Crippen molar-refractivity contribution in [3.8, 4) is 0 Å². The molecule has 6 heteroatoms. The van der Waals surface area contributed by atoms with Crippen molar-refractivity contribution in [3.05, 3.63) is 38.9 Å². The second kappa shape index (κ2) is 7.14. The van der Waals surface area contributed by atoms with Gasteiger partial charge in [-0.1, -0.05) is 25.4 Å². The van der Waals surface area contributed by atoms with Crippen molar-refractivity contribution in [2.24, 2.45) is 5.92 Å². The Bertz CT molecular complexity index is 540. The van der Waals surface area contributed by atoms with Crippen molar-refractivity contribution < 1.29 is 14.5 Å². The normalized spacial score (nSPS) is 10.6. The first-order valence-electron chi connectivity index (χ1n) is 6.30. The number of Topliss-reactive ketones (excluding diaryl/α,β-unsaturated/α-hetero) is 2. The average Bonchev–Trinajstić information content (AvgIpc) is 2.35. The molecule has 0 amide bonds. The predicted octanol–water partition coefficient (Wildman–Crippen LogP) is 3.83. The maximum Gasteiger partial charge on any atom is 0.270 e. The summed E-state index contributed by atoms with van der Waals surface area (Å²) in [5, 5.41) is 10.8. The molecular formula is C14H16ClNO4. The van der Waals surface area contributed by atoms with E-state index < -0.39 is 4.92 Å². The van der Waals surface area contributed by atoms with Crippen LogP contribution >= 0.6 is 11.6 Å². The molecule has 0 spiro atoms. The van der Waals surface area contributed by atoms with E-state index >= 15 is 0 Å². The lowest BCUT2D eigenvalue weighted by Crippen LogP contribution is -2.07. The van der Waals surface area contributed by atoms with Crippen LogP contribution in [0.25, 0.3) is 0 Å². The third-order valence-electron chi connectivity index (χ3n) is 2.73. The molecular weight excluding hydrogens is 282 g/mol. The van der Waals surface area contributed by atoms with E-state index in [-0.39, 0.29) is 46.6 Å². The van der Waals surface area contributed by atoms with Crippen LogP contribution < -0.4 is 0 Å². The van der Waals surface area contributed by atoms with Crippen LogP contribution in [-0.2, 0) is 4.79 Å². The molecule has 0 bridgehead atoms. The van der Waals surface area contributed by atoms with Crippen LogP contribution in [0.1, 0.15) is 43.5 Å². The summed E-state index contributed by atoms with van der Waals surface area (Å²) >= 11 is 5.87. The Hall–Kier alpha value is -1.75. The number of nitro groups is 1. The smallest absolute Gasteiger partial charge is 0.270 e. The summed E-state index contributed by atoms with van der Waals surface area (Å²) in [6.07, 6.45) is 0.582. The number of rotatable bonds is 7. The number of non-ortho nitro benzene ring substituents is 1. The molecule has 1 aromatic carbocycles. The number of carbonyl (C=O) groups is 2. The molecule has 0 N–H and O–H groups in total. The molecule has 0 saturated heterocycles. The summed E-state index contributed by atoms with van der Waals surface area (Å²) in [6.45, 7) is 3.86. The zero-order valence-corrected chi connectivity index (χ0v) is 12.1. The van der Waals surface area contributed by atoms with Gasteiger partial charge in [0.25, 0.3) is 5.69 Å². The summed E-state index contributed by atoms with van der Waals surface area (Å²) < 4.78 is 0. The zero-order chi connectivity index (χ0) is 15.3. The summed E-state index contributed by atoms with van der Waals surface area (Å²) in [7, 11) is 0. The van der Waals surface area contributed by atoms with Gasteiger partial charge >= 0.3 is 0 Å². The van der Waals surface area contributed by atoms with E-state index in [2.05, 4.69) is 0 Å². The molecule has 0 aromatic heterocycles. The Morgan fingerprint density at radius 3 is 2.50 bits per heavy atom. The van der Waals surface area contributed by atoms with Gasteiger partial charge < -0.3 is 0 Å². The first-order chi connectivity index (χ1) is 9.31. The minimum atomic E-state index is -0.586. The van der Waals surface area contributed by atoms with Crippen LogP contribution in [-0.4, -0.2) is 16.5 Å². The van der Waals surface area contributed by atoms with Gasteiger partial charge in [-0.25, -0.2) is 0 Å². The molecule has 0 aliphatic rings. The fourth-order valence-corrected chi connectivity index (χ4v) is 2.01. The molecule has 0 unspecified atom stereocenters. The Balaban J connectivity index is 2.75. The standard InChI is InChI=1S/C14H16ClNO4/c1-9(2)7-11(17)4-6-14(18)12-8-10(16(19)20)3-5-13(12)15/h3,5,8-9H,4,6-7H2,1-2H3. The minimum absolute atomic E-state index is 0.00917. The highest BCUT2D eigenvalue weighted by Crippen LogP contribution is 2.23. The fourth-order valence-electron chi connectivity index (χ4n) is 1.79. The highest BCUT2D eigenvalue weighted by molar-refractivity contribution is 6.34. The summed E-state index contributed by atoms with van der Waals surface area (Å²) in [6, 6.07) is 3.71. The van der Waals surface area contributed by atoms with Crippen molar-refractivity contribution in [3.63, 3.8) is 0 Å². The number of halogens is 1. The topological polar surface area (TPSA) is 77.3 Å². The number of nitro benzene ring substituents is 1. The second-order valence-corrected chi connectivity index (χ2v) is 5.39. The Labute approximate surface area is 122 Å². The van der Waals surface area contributed by atoms with Gasteiger partial charge in [-0.05, 0) is 12.0 Å². The number of benzene rings is 1. The van der Waals surface area contributed by atoms with Crippen LogP contribution in [0, 0.1) is 16.0 Å². The van der Waals surface area contributed by atoms with Crippen LogP contribution in [0.15, 0.2) is 18.2 Å².